The lowest BCUT2D eigenvalue weighted by molar-refractivity contribution is -0.0592. The van der Waals surface area contributed by atoms with Crippen LogP contribution in [0.2, 0.25) is 0 Å². The van der Waals surface area contributed by atoms with Crippen LogP contribution in [0, 0.1) is 0 Å². The number of aromatic nitrogens is 2. The van der Waals surface area contributed by atoms with E-state index in [0.29, 0.717) is 31.7 Å². The van der Waals surface area contributed by atoms with Crippen LogP contribution in [0.4, 0.5) is 4.79 Å². The Morgan fingerprint density at radius 3 is 2.50 bits per heavy atom. The van der Waals surface area contributed by atoms with Gasteiger partial charge < -0.3 is 23.7 Å². The molecule has 2 aromatic rings. The van der Waals surface area contributed by atoms with Crippen LogP contribution in [-0.4, -0.2) is 83.0 Å². The lowest BCUT2D eigenvalue weighted by atomic mass is 10.1. The van der Waals surface area contributed by atoms with Crippen molar-refractivity contribution in [1.29, 1.82) is 0 Å². The molecule has 0 saturated carbocycles. The molecule has 3 heterocycles. The molecule has 0 bridgehead atoms. The van der Waals surface area contributed by atoms with Gasteiger partial charge >= 0.3 is 12.1 Å². The lowest BCUT2D eigenvalue weighted by Crippen LogP contribution is -2.49. The molecule has 1 atom stereocenters. The Balaban J connectivity index is 1.49. The van der Waals surface area contributed by atoms with E-state index in [1.807, 2.05) is 32.9 Å². The third-order valence-corrected chi connectivity index (χ3v) is 5.82. The highest BCUT2D eigenvalue weighted by molar-refractivity contribution is 5.93. The number of methoxy groups -OCH3 is 1. The van der Waals surface area contributed by atoms with Crippen molar-refractivity contribution in [3.8, 4) is 0 Å². The second-order valence-corrected chi connectivity index (χ2v) is 9.36. The largest absolute Gasteiger partial charge is 0.465 e. The molecule has 1 amide bonds. The topological polar surface area (TPSA) is 86.1 Å². The zero-order valence-electron chi connectivity index (χ0n) is 19.3. The summed E-state index contributed by atoms with van der Waals surface area (Å²) in [7, 11) is 1.38. The summed E-state index contributed by atoms with van der Waals surface area (Å²) in [4.78, 5) is 33.3. The van der Waals surface area contributed by atoms with Gasteiger partial charge in [-0.2, -0.15) is 0 Å². The molecule has 2 saturated heterocycles. The summed E-state index contributed by atoms with van der Waals surface area (Å²) in [5.74, 6) is 0.572. The quantitative estimate of drug-likeness (QED) is 0.656. The molecule has 32 heavy (non-hydrogen) atoms. The summed E-state index contributed by atoms with van der Waals surface area (Å²) in [6.07, 6.45) is 0.920. The minimum absolute atomic E-state index is 0.164. The van der Waals surface area contributed by atoms with Gasteiger partial charge in [-0.1, -0.05) is 0 Å². The fraction of sp³-hybridized carbons (Fsp3) is 0.609. The van der Waals surface area contributed by atoms with Crippen LogP contribution in [0.25, 0.3) is 11.0 Å². The summed E-state index contributed by atoms with van der Waals surface area (Å²) in [5.41, 5.74) is 1.77. The fourth-order valence-electron chi connectivity index (χ4n) is 3.99. The first-order valence-electron chi connectivity index (χ1n) is 11.1. The van der Waals surface area contributed by atoms with Crippen molar-refractivity contribution in [3.63, 3.8) is 0 Å². The van der Waals surface area contributed by atoms with Crippen LogP contribution in [0.15, 0.2) is 18.2 Å². The standard InChI is InChI=1S/C23H32N4O5/c1-23(2,3)32-22(29)26-10-8-25(9-11-26)15-20-24-18-6-5-16(21(28)30-4)13-19(18)27(20)14-17-7-12-31-17/h5-6,13,17H,7-12,14-15H2,1-4H3. The molecule has 2 fully saturated rings. The Morgan fingerprint density at radius 2 is 1.91 bits per heavy atom. The van der Waals surface area contributed by atoms with E-state index in [2.05, 4.69) is 9.47 Å². The number of imidazole rings is 1. The molecule has 174 valence electrons. The number of piperazine rings is 1. The molecular formula is C23H32N4O5. The number of hydrogen-bond donors (Lipinski definition) is 0. The van der Waals surface area contributed by atoms with E-state index in [9.17, 15) is 9.59 Å². The van der Waals surface area contributed by atoms with Crippen LogP contribution in [0.3, 0.4) is 0 Å². The first kappa shape index (κ1) is 22.5. The third-order valence-electron chi connectivity index (χ3n) is 5.82. The molecule has 9 nitrogen and oxygen atoms in total. The first-order chi connectivity index (χ1) is 15.2. The van der Waals surface area contributed by atoms with Gasteiger partial charge in [0, 0.05) is 32.8 Å². The predicted octanol–water partition coefficient (Wildman–Crippen LogP) is 2.66. The molecule has 0 N–H and O–H groups in total. The van der Waals surface area contributed by atoms with E-state index in [0.717, 1.165) is 43.0 Å². The van der Waals surface area contributed by atoms with Crippen molar-refractivity contribution in [2.75, 3.05) is 39.9 Å². The van der Waals surface area contributed by atoms with E-state index in [1.165, 1.54) is 7.11 Å². The van der Waals surface area contributed by atoms with Gasteiger partial charge in [-0.15, -0.1) is 0 Å². The third kappa shape index (κ3) is 5.05. The minimum Gasteiger partial charge on any atom is -0.465 e. The molecular weight excluding hydrogens is 412 g/mol. The smallest absolute Gasteiger partial charge is 0.410 e. The van der Waals surface area contributed by atoms with Gasteiger partial charge in [0.15, 0.2) is 0 Å². The molecule has 2 aliphatic rings. The van der Waals surface area contributed by atoms with Crippen LogP contribution in [0.1, 0.15) is 43.4 Å². The second-order valence-electron chi connectivity index (χ2n) is 9.36. The van der Waals surface area contributed by atoms with E-state index in [4.69, 9.17) is 19.2 Å². The average Bonchev–Trinajstić information content (AvgIpc) is 3.05. The number of carbonyl (C=O) groups is 2. The van der Waals surface area contributed by atoms with Crippen molar-refractivity contribution < 1.29 is 23.8 Å². The average molecular weight is 445 g/mol. The Hall–Kier alpha value is -2.65. The van der Waals surface area contributed by atoms with Gasteiger partial charge in [-0.3, -0.25) is 4.90 Å². The van der Waals surface area contributed by atoms with Crippen molar-refractivity contribution >= 4 is 23.1 Å². The maximum Gasteiger partial charge on any atom is 0.410 e. The van der Waals surface area contributed by atoms with Crippen LogP contribution in [0.5, 0.6) is 0 Å². The van der Waals surface area contributed by atoms with Crippen molar-refractivity contribution in [2.45, 2.75) is 52.0 Å². The normalized spacial score (nSPS) is 19.6. The molecule has 2 aliphatic heterocycles. The van der Waals surface area contributed by atoms with Crippen molar-refractivity contribution in [2.24, 2.45) is 0 Å². The van der Waals surface area contributed by atoms with E-state index >= 15 is 0 Å². The number of carbonyl (C=O) groups excluding carboxylic acids is 2. The second kappa shape index (κ2) is 9.07. The monoisotopic (exact) mass is 444 g/mol. The Morgan fingerprint density at radius 1 is 1.19 bits per heavy atom. The van der Waals surface area contributed by atoms with Crippen LogP contribution in [-0.2, 0) is 27.3 Å². The predicted molar refractivity (Wildman–Crippen MR) is 119 cm³/mol. The number of amides is 1. The summed E-state index contributed by atoms with van der Waals surface area (Å²) < 4.78 is 18.2. The van der Waals surface area contributed by atoms with Gasteiger partial charge in [0.2, 0.25) is 0 Å². The zero-order valence-corrected chi connectivity index (χ0v) is 19.3. The summed E-state index contributed by atoms with van der Waals surface area (Å²) >= 11 is 0. The van der Waals surface area contributed by atoms with E-state index in [-0.39, 0.29) is 18.2 Å². The van der Waals surface area contributed by atoms with Crippen molar-refractivity contribution in [1.82, 2.24) is 19.4 Å². The highest BCUT2D eigenvalue weighted by atomic mass is 16.6. The van der Waals surface area contributed by atoms with Crippen LogP contribution >= 0.6 is 0 Å². The van der Waals surface area contributed by atoms with Gasteiger partial charge in [-0.25, -0.2) is 14.6 Å². The molecule has 9 heteroatoms. The first-order valence-corrected chi connectivity index (χ1v) is 11.1. The number of ether oxygens (including phenoxy) is 3. The number of fused-ring (bicyclic) bond motifs is 1. The molecule has 0 radical (unpaired) electrons. The molecule has 0 aliphatic carbocycles. The molecule has 1 aromatic heterocycles. The molecule has 1 aromatic carbocycles. The SMILES string of the molecule is COC(=O)c1ccc2nc(CN3CCN(C(=O)OC(C)(C)C)CC3)n(CC3CCO3)c2c1. The Bertz CT molecular complexity index is 984. The van der Waals surface area contributed by atoms with E-state index < -0.39 is 5.60 Å². The minimum atomic E-state index is -0.494. The number of esters is 1. The van der Waals surface area contributed by atoms with Crippen LogP contribution < -0.4 is 0 Å². The Kier molecular flexibility index (Phi) is 6.39. The highest BCUT2D eigenvalue weighted by Gasteiger charge is 2.28. The zero-order chi connectivity index (χ0) is 22.9. The number of rotatable bonds is 5. The summed E-state index contributed by atoms with van der Waals surface area (Å²) in [5, 5.41) is 0. The van der Waals surface area contributed by atoms with Gasteiger partial charge in [-0.05, 0) is 45.4 Å². The molecule has 1 unspecified atom stereocenters. The van der Waals surface area contributed by atoms with E-state index in [1.54, 1.807) is 11.0 Å². The van der Waals surface area contributed by atoms with Gasteiger partial charge in [0.1, 0.15) is 11.4 Å². The lowest BCUT2D eigenvalue weighted by Gasteiger charge is -2.35. The summed E-state index contributed by atoms with van der Waals surface area (Å²) in [6, 6.07) is 5.45. The number of nitrogens with zero attached hydrogens (tertiary/aromatic N) is 4. The Labute approximate surface area is 188 Å². The number of hydrogen-bond acceptors (Lipinski definition) is 7. The van der Waals surface area contributed by atoms with Crippen molar-refractivity contribution in [3.05, 3.63) is 29.6 Å². The molecule has 4 rings (SSSR count). The molecule has 0 spiro atoms. The maximum absolute atomic E-state index is 12.3. The van der Waals surface area contributed by atoms with Gasteiger partial charge in [0.05, 0.1) is 42.9 Å². The highest BCUT2D eigenvalue weighted by Crippen LogP contribution is 2.24. The number of benzene rings is 1. The fourth-order valence-corrected chi connectivity index (χ4v) is 3.99. The maximum atomic E-state index is 12.3. The summed E-state index contributed by atoms with van der Waals surface area (Å²) in [6.45, 7) is 10.5. The van der Waals surface area contributed by atoms with Gasteiger partial charge in [0.25, 0.3) is 0 Å².